The fourth-order valence-corrected chi connectivity index (χ4v) is 2.91. The second kappa shape index (κ2) is 15.9. The Balaban J connectivity index is 0.000000673. The second-order valence-electron chi connectivity index (χ2n) is 8.28. The number of pyridine rings is 1. The number of aryl methyl sites for hydroxylation is 1. The van der Waals surface area contributed by atoms with Crippen molar-refractivity contribution in [2.24, 2.45) is 0 Å². The van der Waals surface area contributed by atoms with Gasteiger partial charge in [0.05, 0.1) is 13.1 Å². The van der Waals surface area contributed by atoms with Crippen molar-refractivity contribution < 1.29 is 19.6 Å². The van der Waals surface area contributed by atoms with Gasteiger partial charge in [0.1, 0.15) is 5.76 Å². The molecule has 1 aliphatic heterocycles. The van der Waals surface area contributed by atoms with Crippen molar-refractivity contribution in [3.63, 3.8) is 0 Å². The van der Waals surface area contributed by atoms with Crippen LogP contribution in [0.4, 0.5) is 0 Å². The average Bonchev–Trinajstić information content (AvgIpc) is 2.79. The first-order chi connectivity index (χ1) is 15.5. The quantitative estimate of drug-likeness (QED) is 0.287. The maximum atomic E-state index is 11.7. The highest BCUT2D eigenvalue weighted by Crippen LogP contribution is 2.10. The van der Waals surface area contributed by atoms with Crippen LogP contribution in [0.15, 0.2) is 66.1 Å². The molecule has 6 nitrogen and oxygen atoms in total. The number of carbonyl (C=O) groups is 1. The molecule has 182 valence electrons. The highest BCUT2D eigenvalue weighted by atomic mass is 16.3. The molecule has 0 spiro atoms. The van der Waals surface area contributed by atoms with Gasteiger partial charge in [-0.2, -0.15) is 4.58 Å². The Morgan fingerprint density at radius 2 is 1.85 bits per heavy atom. The van der Waals surface area contributed by atoms with Gasteiger partial charge in [0.2, 0.25) is 0 Å². The zero-order valence-corrected chi connectivity index (χ0v) is 21.5. The largest absolute Gasteiger partial charge is 0.508 e. The van der Waals surface area contributed by atoms with Crippen molar-refractivity contribution in [2.45, 2.75) is 48.0 Å². The van der Waals surface area contributed by atoms with Gasteiger partial charge >= 0.3 is 5.91 Å². The van der Waals surface area contributed by atoms with Crippen LogP contribution in [-0.4, -0.2) is 69.6 Å². The van der Waals surface area contributed by atoms with Crippen LogP contribution >= 0.6 is 0 Å². The van der Waals surface area contributed by atoms with Crippen molar-refractivity contribution in [2.75, 3.05) is 33.3 Å². The number of aliphatic hydroxyl groups excluding tert-OH is 2. The normalized spacial score (nSPS) is 13.8. The number of hydrogen-bond donors (Lipinski definition) is 2. The Hall–Kier alpha value is -2.83. The van der Waals surface area contributed by atoms with Gasteiger partial charge in [0, 0.05) is 45.0 Å². The summed E-state index contributed by atoms with van der Waals surface area (Å²) in [6.45, 7) is 22.4. The summed E-state index contributed by atoms with van der Waals surface area (Å²) in [5, 5.41) is 16.3. The van der Waals surface area contributed by atoms with E-state index in [0.717, 1.165) is 67.8 Å². The summed E-state index contributed by atoms with van der Waals surface area (Å²) in [5.41, 5.74) is 6.33. The first-order valence-corrected chi connectivity index (χ1v) is 11.1. The SMILES string of the molecule is C=C(C)/C(C)=C\C(O)=C(C)C.C=CC(=O)[N+]1=C(C)CN(CCc2ccc(C)cn2)CC1.CO. The van der Waals surface area contributed by atoms with Crippen LogP contribution in [0.25, 0.3) is 0 Å². The summed E-state index contributed by atoms with van der Waals surface area (Å²) in [6, 6.07) is 4.18. The van der Waals surface area contributed by atoms with E-state index in [1.807, 2.05) is 52.3 Å². The maximum Gasteiger partial charge on any atom is 0.411 e. The average molecular weight is 457 g/mol. The van der Waals surface area contributed by atoms with Gasteiger partial charge < -0.3 is 10.2 Å². The van der Waals surface area contributed by atoms with E-state index in [-0.39, 0.29) is 5.91 Å². The Kier molecular flexibility index (Phi) is 14.5. The number of aliphatic hydroxyl groups is 2. The lowest BCUT2D eigenvalue weighted by Crippen LogP contribution is -2.46. The number of amides is 1. The second-order valence-corrected chi connectivity index (χ2v) is 8.28. The number of rotatable bonds is 6. The molecule has 0 unspecified atom stereocenters. The summed E-state index contributed by atoms with van der Waals surface area (Å²) >= 11 is 0. The molecule has 0 bridgehead atoms. The number of aromatic nitrogens is 1. The lowest BCUT2D eigenvalue weighted by atomic mass is 10.1. The van der Waals surface area contributed by atoms with E-state index < -0.39 is 0 Å². The number of nitrogens with zero attached hydrogens (tertiary/aromatic N) is 3. The van der Waals surface area contributed by atoms with E-state index in [0.29, 0.717) is 5.76 Å². The monoisotopic (exact) mass is 456 g/mol. The Morgan fingerprint density at radius 1 is 1.21 bits per heavy atom. The predicted octanol–water partition coefficient (Wildman–Crippen LogP) is 4.40. The molecular weight excluding hydrogens is 414 g/mol. The van der Waals surface area contributed by atoms with Gasteiger partial charge in [-0.1, -0.05) is 24.8 Å². The summed E-state index contributed by atoms with van der Waals surface area (Å²) in [5.74, 6) is 0.341. The molecule has 1 aromatic rings. The molecule has 1 aliphatic rings. The van der Waals surface area contributed by atoms with Crippen LogP contribution in [0.1, 0.15) is 45.9 Å². The Morgan fingerprint density at radius 3 is 2.30 bits per heavy atom. The summed E-state index contributed by atoms with van der Waals surface area (Å²) in [4.78, 5) is 18.4. The van der Waals surface area contributed by atoms with Crippen LogP contribution in [0.2, 0.25) is 0 Å². The fourth-order valence-electron chi connectivity index (χ4n) is 2.91. The molecule has 2 rings (SSSR count). The lowest BCUT2D eigenvalue weighted by molar-refractivity contribution is -0.451. The highest BCUT2D eigenvalue weighted by molar-refractivity contribution is 5.89. The fraction of sp³-hybridized carbons (Fsp3) is 0.444. The summed E-state index contributed by atoms with van der Waals surface area (Å²) in [6.07, 6.45) is 5.98. The standard InChI is InChI=1S/C16H22N3O.C10H16O.CH4O/c1-4-16(20)19-10-9-18(12-14(19)3)8-7-15-6-5-13(2)11-17-15;1-7(2)9(5)6-10(11)8(3)4;1-2/h4-6,11H,1,7-10,12H2,2-3H3;6,11H,1H2,2-5H3;2H,1H3/q+1;;/b;9-6-;. The van der Waals surface area contributed by atoms with Crippen molar-refractivity contribution >= 4 is 11.6 Å². The van der Waals surface area contributed by atoms with Gasteiger partial charge in [-0.25, -0.2) is 4.79 Å². The molecule has 0 radical (unpaired) electrons. The van der Waals surface area contributed by atoms with E-state index in [1.54, 1.807) is 6.08 Å². The zero-order chi connectivity index (χ0) is 25.6. The minimum absolute atomic E-state index is 0.00218. The topological polar surface area (TPSA) is 76.7 Å². The van der Waals surface area contributed by atoms with Crippen LogP contribution in [-0.2, 0) is 11.2 Å². The number of allylic oxidation sites excluding steroid dienone is 4. The Bertz CT molecular complexity index is 890. The summed E-state index contributed by atoms with van der Waals surface area (Å²) < 4.78 is 1.81. The van der Waals surface area contributed by atoms with E-state index in [2.05, 4.69) is 35.2 Å². The van der Waals surface area contributed by atoms with Crippen molar-refractivity contribution in [1.82, 2.24) is 9.88 Å². The lowest BCUT2D eigenvalue weighted by Gasteiger charge is -2.24. The van der Waals surface area contributed by atoms with Gasteiger partial charge in [-0.05, 0) is 63.5 Å². The number of hydrogen-bond acceptors (Lipinski definition) is 5. The molecule has 0 saturated heterocycles. The molecule has 0 atom stereocenters. The van der Waals surface area contributed by atoms with Crippen LogP contribution in [0.3, 0.4) is 0 Å². The third-order valence-electron chi connectivity index (χ3n) is 5.19. The minimum atomic E-state index is 0.00218. The van der Waals surface area contributed by atoms with E-state index in [4.69, 9.17) is 5.11 Å². The van der Waals surface area contributed by atoms with E-state index >= 15 is 0 Å². The molecular formula is C27H42N3O3+. The smallest absolute Gasteiger partial charge is 0.411 e. The Labute approximate surface area is 200 Å². The van der Waals surface area contributed by atoms with Gasteiger partial charge in [-0.15, -0.1) is 0 Å². The molecule has 1 aromatic heterocycles. The van der Waals surface area contributed by atoms with Crippen molar-refractivity contribution in [3.8, 4) is 0 Å². The third kappa shape index (κ3) is 11.6. The molecule has 0 aliphatic carbocycles. The highest BCUT2D eigenvalue weighted by Gasteiger charge is 2.25. The van der Waals surface area contributed by atoms with E-state index in [1.165, 1.54) is 11.6 Å². The van der Waals surface area contributed by atoms with Gasteiger partial charge in [-0.3, -0.25) is 9.88 Å². The summed E-state index contributed by atoms with van der Waals surface area (Å²) in [7, 11) is 1.00. The molecule has 2 heterocycles. The van der Waals surface area contributed by atoms with Crippen molar-refractivity contribution in [1.29, 1.82) is 0 Å². The van der Waals surface area contributed by atoms with Gasteiger partial charge in [0.25, 0.3) is 0 Å². The predicted molar refractivity (Wildman–Crippen MR) is 138 cm³/mol. The molecule has 0 saturated carbocycles. The maximum absolute atomic E-state index is 11.7. The third-order valence-corrected chi connectivity index (χ3v) is 5.19. The van der Waals surface area contributed by atoms with Crippen LogP contribution < -0.4 is 0 Å². The van der Waals surface area contributed by atoms with E-state index in [9.17, 15) is 9.90 Å². The minimum Gasteiger partial charge on any atom is -0.508 e. The molecule has 33 heavy (non-hydrogen) atoms. The molecule has 6 heteroatoms. The molecule has 0 aromatic carbocycles. The van der Waals surface area contributed by atoms with Gasteiger partial charge in [0.15, 0.2) is 12.3 Å². The van der Waals surface area contributed by atoms with Crippen LogP contribution in [0, 0.1) is 6.92 Å². The molecule has 0 fully saturated rings. The molecule has 1 amide bonds. The molecule has 2 N–H and O–H groups in total. The van der Waals surface area contributed by atoms with Crippen molar-refractivity contribution in [3.05, 3.63) is 77.4 Å². The zero-order valence-electron chi connectivity index (χ0n) is 21.5. The number of carbonyl (C=O) groups excluding carboxylic acids is 1. The first-order valence-electron chi connectivity index (χ1n) is 11.1. The van der Waals surface area contributed by atoms with Crippen LogP contribution in [0.5, 0.6) is 0 Å². The first kappa shape index (κ1) is 30.2.